The second-order valence-electron chi connectivity index (χ2n) is 7.63. The number of carbonyl (C=O) groups is 2. The summed E-state index contributed by atoms with van der Waals surface area (Å²) < 4.78 is 5.35. The number of hydrogen-bond acceptors (Lipinski definition) is 4. The van der Waals surface area contributed by atoms with Crippen molar-refractivity contribution in [1.82, 2.24) is 10.2 Å². The van der Waals surface area contributed by atoms with Crippen molar-refractivity contribution < 1.29 is 14.3 Å². The Kier molecular flexibility index (Phi) is 6.92. The van der Waals surface area contributed by atoms with Crippen LogP contribution in [0.15, 0.2) is 66.7 Å². The smallest absolute Gasteiger partial charge is 0.255 e. The Morgan fingerprint density at radius 3 is 2.45 bits per heavy atom. The van der Waals surface area contributed by atoms with Crippen molar-refractivity contribution in [3.63, 3.8) is 0 Å². The molecule has 0 aliphatic carbocycles. The summed E-state index contributed by atoms with van der Waals surface area (Å²) in [5.74, 6) is -0.422. The summed E-state index contributed by atoms with van der Waals surface area (Å²) in [7, 11) is 0. The monoisotopic (exact) mass is 417 g/mol. The molecule has 0 bridgehead atoms. The molecule has 2 N–H and O–H groups in total. The molecule has 0 saturated carbocycles. The van der Waals surface area contributed by atoms with Gasteiger partial charge in [-0.1, -0.05) is 42.5 Å². The third kappa shape index (κ3) is 5.48. The Labute approximate surface area is 182 Å². The molecule has 1 fully saturated rings. The number of nitrogens with zero attached hydrogens (tertiary/aromatic N) is 1. The van der Waals surface area contributed by atoms with E-state index in [-0.39, 0.29) is 11.8 Å². The number of ether oxygens (including phenoxy) is 1. The summed E-state index contributed by atoms with van der Waals surface area (Å²) in [5, 5.41) is 7.94. The van der Waals surface area contributed by atoms with E-state index in [9.17, 15) is 9.59 Å². The van der Waals surface area contributed by atoms with E-state index in [0.29, 0.717) is 23.4 Å². The maximum absolute atomic E-state index is 12.8. The first-order valence-electron chi connectivity index (χ1n) is 10.7. The van der Waals surface area contributed by atoms with Gasteiger partial charge in [0.1, 0.15) is 0 Å². The van der Waals surface area contributed by atoms with Gasteiger partial charge in [-0.15, -0.1) is 0 Å². The Hall–Kier alpha value is -3.22. The number of rotatable bonds is 7. The fourth-order valence-electron chi connectivity index (χ4n) is 3.74. The molecule has 1 saturated heterocycles. The molecule has 1 heterocycles. The van der Waals surface area contributed by atoms with Crippen LogP contribution >= 0.6 is 0 Å². The van der Waals surface area contributed by atoms with Crippen LogP contribution in [0.4, 0.5) is 5.69 Å². The molecule has 3 aromatic carbocycles. The minimum atomic E-state index is -0.238. The minimum absolute atomic E-state index is 0.184. The van der Waals surface area contributed by atoms with Crippen molar-refractivity contribution >= 4 is 28.3 Å². The van der Waals surface area contributed by atoms with E-state index in [0.717, 1.165) is 50.0 Å². The highest BCUT2D eigenvalue weighted by molar-refractivity contribution is 6.10. The quantitative estimate of drug-likeness (QED) is 0.577. The molecule has 160 valence electrons. The average Bonchev–Trinajstić information content (AvgIpc) is 2.82. The fraction of sp³-hybridized carbons (Fsp3) is 0.280. The number of morpholine rings is 1. The molecular formula is C25H27N3O3. The number of nitrogens with one attached hydrogen (secondary N) is 2. The standard InChI is InChI=1S/C25H27N3O3/c29-24(21-11-10-19-6-1-2-7-20(19)18-21)27-23-9-4-3-8-22(23)25(30)26-12-5-13-28-14-16-31-17-15-28/h1-4,6-11,18H,5,12-17H2,(H,26,30)(H,27,29). The Morgan fingerprint density at radius 1 is 0.871 bits per heavy atom. The van der Waals surface area contributed by atoms with Crippen molar-refractivity contribution in [1.29, 1.82) is 0 Å². The van der Waals surface area contributed by atoms with Crippen molar-refractivity contribution in [3.8, 4) is 0 Å². The summed E-state index contributed by atoms with van der Waals surface area (Å²) in [6, 6.07) is 20.6. The lowest BCUT2D eigenvalue weighted by atomic mass is 10.1. The van der Waals surface area contributed by atoms with Gasteiger partial charge in [0.15, 0.2) is 0 Å². The zero-order chi connectivity index (χ0) is 21.5. The topological polar surface area (TPSA) is 70.7 Å². The van der Waals surface area contributed by atoms with Gasteiger partial charge in [-0.2, -0.15) is 0 Å². The molecule has 0 atom stereocenters. The van der Waals surface area contributed by atoms with Gasteiger partial charge in [0.25, 0.3) is 11.8 Å². The van der Waals surface area contributed by atoms with Crippen LogP contribution in [0.5, 0.6) is 0 Å². The van der Waals surface area contributed by atoms with Crippen LogP contribution in [0.25, 0.3) is 10.8 Å². The minimum Gasteiger partial charge on any atom is -0.379 e. The number of carbonyl (C=O) groups excluding carboxylic acids is 2. The van der Waals surface area contributed by atoms with Crippen LogP contribution < -0.4 is 10.6 Å². The van der Waals surface area contributed by atoms with Gasteiger partial charge in [-0.3, -0.25) is 14.5 Å². The molecule has 1 aliphatic rings. The zero-order valence-electron chi connectivity index (χ0n) is 17.5. The number of fused-ring (bicyclic) bond motifs is 1. The first kappa shape index (κ1) is 21.0. The Bertz CT molecular complexity index is 1060. The van der Waals surface area contributed by atoms with Crippen molar-refractivity contribution in [2.75, 3.05) is 44.7 Å². The maximum atomic E-state index is 12.8. The van der Waals surface area contributed by atoms with E-state index in [1.807, 2.05) is 42.5 Å². The van der Waals surface area contributed by atoms with E-state index in [2.05, 4.69) is 15.5 Å². The SMILES string of the molecule is O=C(Nc1ccccc1C(=O)NCCCN1CCOCC1)c1ccc2ccccc2c1. The van der Waals surface area contributed by atoms with Crippen LogP contribution in [0.1, 0.15) is 27.1 Å². The molecule has 3 aromatic rings. The maximum Gasteiger partial charge on any atom is 0.255 e. The van der Waals surface area contributed by atoms with Gasteiger partial charge in [0.05, 0.1) is 24.5 Å². The number of amides is 2. The van der Waals surface area contributed by atoms with Gasteiger partial charge in [0.2, 0.25) is 0 Å². The van der Waals surface area contributed by atoms with E-state index in [4.69, 9.17) is 4.74 Å². The molecule has 31 heavy (non-hydrogen) atoms. The van der Waals surface area contributed by atoms with Crippen molar-refractivity contribution in [3.05, 3.63) is 77.9 Å². The van der Waals surface area contributed by atoms with Crippen LogP contribution in [0.2, 0.25) is 0 Å². The fourth-order valence-corrected chi connectivity index (χ4v) is 3.74. The molecule has 0 aromatic heterocycles. The lowest BCUT2D eigenvalue weighted by Crippen LogP contribution is -2.38. The predicted molar refractivity (Wildman–Crippen MR) is 123 cm³/mol. The summed E-state index contributed by atoms with van der Waals surface area (Å²) in [6.45, 7) is 4.95. The van der Waals surface area contributed by atoms with Crippen LogP contribution in [-0.4, -0.2) is 56.1 Å². The first-order valence-corrected chi connectivity index (χ1v) is 10.7. The summed E-state index contributed by atoms with van der Waals surface area (Å²) >= 11 is 0. The summed E-state index contributed by atoms with van der Waals surface area (Å²) in [5.41, 5.74) is 1.52. The van der Waals surface area contributed by atoms with Crippen LogP contribution in [0, 0.1) is 0 Å². The van der Waals surface area contributed by atoms with Gasteiger partial charge < -0.3 is 15.4 Å². The molecular weight excluding hydrogens is 390 g/mol. The van der Waals surface area contributed by atoms with E-state index in [1.165, 1.54) is 0 Å². The van der Waals surface area contributed by atoms with Gasteiger partial charge in [0, 0.05) is 25.2 Å². The van der Waals surface area contributed by atoms with E-state index in [1.54, 1.807) is 24.3 Å². The van der Waals surface area contributed by atoms with Gasteiger partial charge >= 0.3 is 0 Å². The van der Waals surface area contributed by atoms with Crippen LogP contribution in [0.3, 0.4) is 0 Å². The highest BCUT2D eigenvalue weighted by Gasteiger charge is 2.15. The van der Waals surface area contributed by atoms with Gasteiger partial charge in [-0.25, -0.2) is 0 Å². The number of hydrogen-bond donors (Lipinski definition) is 2. The molecule has 4 rings (SSSR count). The third-order valence-corrected chi connectivity index (χ3v) is 5.47. The molecule has 0 spiro atoms. The summed E-state index contributed by atoms with van der Waals surface area (Å²) in [6.07, 6.45) is 0.872. The Balaban J connectivity index is 1.36. The van der Waals surface area contributed by atoms with E-state index < -0.39 is 0 Å². The molecule has 2 amide bonds. The molecule has 0 unspecified atom stereocenters. The van der Waals surface area contributed by atoms with Gasteiger partial charge in [-0.05, 0) is 48.0 Å². The highest BCUT2D eigenvalue weighted by atomic mass is 16.5. The lowest BCUT2D eigenvalue weighted by molar-refractivity contribution is 0.0374. The van der Waals surface area contributed by atoms with Crippen molar-refractivity contribution in [2.45, 2.75) is 6.42 Å². The largest absolute Gasteiger partial charge is 0.379 e. The predicted octanol–water partition coefficient (Wildman–Crippen LogP) is 3.54. The second kappa shape index (κ2) is 10.2. The molecule has 0 radical (unpaired) electrons. The third-order valence-electron chi connectivity index (χ3n) is 5.47. The normalized spacial score (nSPS) is 14.3. The zero-order valence-corrected chi connectivity index (χ0v) is 17.5. The first-order chi connectivity index (χ1) is 15.2. The average molecular weight is 418 g/mol. The molecule has 6 nitrogen and oxygen atoms in total. The van der Waals surface area contributed by atoms with Crippen molar-refractivity contribution in [2.24, 2.45) is 0 Å². The number of para-hydroxylation sites is 1. The second-order valence-corrected chi connectivity index (χ2v) is 7.63. The number of anilines is 1. The molecule has 1 aliphatic heterocycles. The summed E-state index contributed by atoms with van der Waals surface area (Å²) in [4.78, 5) is 27.9. The Morgan fingerprint density at radius 2 is 1.61 bits per heavy atom. The number of benzene rings is 3. The molecule has 6 heteroatoms. The lowest BCUT2D eigenvalue weighted by Gasteiger charge is -2.26. The highest BCUT2D eigenvalue weighted by Crippen LogP contribution is 2.19. The van der Waals surface area contributed by atoms with E-state index >= 15 is 0 Å². The van der Waals surface area contributed by atoms with Crippen LogP contribution in [-0.2, 0) is 4.74 Å².